The van der Waals surface area contributed by atoms with Gasteiger partial charge in [0.2, 0.25) is 0 Å². The van der Waals surface area contributed by atoms with Crippen molar-refractivity contribution < 1.29 is 14.3 Å². The van der Waals surface area contributed by atoms with Crippen molar-refractivity contribution in [3.05, 3.63) is 113 Å². The van der Waals surface area contributed by atoms with Crippen LogP contribution < -0.4 is 15.0 Å². The normalized spacial score (nSPS) is 12.1. The standard InChI is InChI=1S/C26H19ClN4O3/c27-19-5-6-24-22(13-19)31(16-18-3-1-2-4-23(18)34-24)26(33)21-15-29-12-9-20(21)25(32)30-14-17-7-10-28-11-8-17/h1-13,15H,14,16H2,(H,30,32). The first-order valence-electron chi connectivity index (χ1n) is 10.6. The molecule has 5 rings (SSSR count). The minimum atomic E-state index is -0.383. The van der Waals surface area contributed by atoms with E-state index < -0.39 is 0 Å². The fourth-order valence-electron chi connectivity index (χ4n) is 3.76. The predicted molar refractivity (Wildman–Crippen MR) is 128 cm³/mol. The highest BCUT2D eigenvalue weighted by molar-refractivity contribution is 6.31. The Morgan fingerprint density at radius 1 is 0.941 bits per heavy atom. The van der Waals surface area contributed by atoms with Gasteiger partial charge in [-0.05, 0) is 48.0 Å². The maximum atomic E-state index is 13.8. The highest BCUT2D eigenvalue weighted by Crippen LogP contribution is 2.41. The Bertz CT molecular complexity index is 1380. The Kier molecular flexibility index (Phi) is 5.93. The molecule has 2 amide bonds. The molecule has 34 heavy (non-hydrogen) atoms. The molecule has 3 heterocycles. The summed E-state index contributed by atoms with van der Waals surface area (Å²) in [7, 11) is 0. The molecule has 1 aliphatic heterocycles. The lowest BCUT2D eigenvalue weighted by Crippen LogP contribution is -2.33. The molecule has 0 spiro atoms. The molecule has 0 saturated heterocycles. The molecule has 2 aromatic heterocycles. The SMILES string of the molecule is O=C(NCc1ccncc1)c1ccncc1C(=O)N1Cc2ccccc2Oc2ccc(Cl)cc21. The number of benzene rings is 2. The Balaban J connectivity index is 1.50. The van der Waals surface area contributed by atoms with E-state index in [0.717, 1.165) is 11.1 Å². The van der Waals surface area contributed by atoms with E-state index in [1.807, 2.05) is 36.4 Å². The number of hydrogen-bond donors (Lipinski definition) is 1. The van der Waals surface area contributed by atoms with Crippen LogP contribution in [-0.4, -0.2) is 21.8 Å². The summed E-state index contributed by atoms with van der Waals surface area (Å²) < 4.78 is 6.09. The molecule has 1 aliphatic rings. The van der Waals surface area contributed by atoms with Crippen LogP contribution in [0.2, 0.25) is 5.02 Å². The molecule has 7 nitrogen and oxygen atoms in total. The Morgan fingerprint density at radius 3 is 2.59 bits per heavy atom. The summed E-state index contributed by atoms with van der Waals surface area (Å²) in [5.74, 6) is 0.393. The van der Waals surface area contributed by atoms with Gasteiger partial charge in [-0.1, -0.05) is 29.8 Å². The van der Waals surface area contributed by atoms with Gasteiger partial charge in [-0.2, -0.15) is 0 Å². The molecular formula is C26H19ClN4O3. The fraction of sp³-hybridized carbons (Fsp3) is 0.0769. The topological polar surface area (TPSA) is 84.4 Å². The summed E-state index contributed by atoms with van der Waals surface area (Å²) in [6.45, 7) is 0.552. The molecule has 4 aromatic rings. The van der Waals surface area contributed by atoms with Crippen LogP contribution in [0.25, 0.3) is 0 Å². The third-order valence-electron chi connectivity index (χ3n) is 5.48. The van der Waals surface area contributed by atoms with Crippen molar-refractivity contribution in [3.8, 4) is 11.5 Å². The van der Waals surface area contributed by atoms with Crippen molar-refractivity contribution in [2.75, 3.05) is 4.90 Å². The Hall–Kier alpha value is -4.23. The van der Waals surface area contributed by atoms with Crippen molar-refractivity contribution in [3.63, 3.8) is 0 Å². The number of ether oxygens (including phenoxy) is 1. The van der Waals surface area contributed by atoms with Crippen LogP contribution in [-0.2, 0) is 13.1 Å². The number of nitrogens with one attached hydrogen (secondary N) is 1. The zero-order chi connectivity index (χ0) is 23.5. The van der Waals surface area contributed by atoms with Crippen LogP contribution in [0.1, 0.15) is 31.8 Å². The van der Waals surface area contributed by atoms with E-state index in [4.69, 9.17) is 16.3 Å². The van der Waals surface area contributed by atoms with Gasteiger partial charge in [0.05, 0.1) is 23.4 Å². The van der Waals surface area contributed by atoms with E-state index in [9.17, 15) is 9.59 Å². The molecule has 1 N–H and O–H groups in total. The number of carbonyl (C=O) groups is 2. The second-order valence-electron chi connectivity index (χ2n) is 7.67. The van der Waals surface area contributed by atoms with Crippen LogP contribution in [0, 0.1) is 0 Å². The number of fused-ring (bicyclic) bond motifs is 2. The van der Waals surface area contributed by atoms with E-state index in [2.05, 4.69) is 15.3 Å². The summed E-state index contributed by atoms with van der Waals surface area (Å²) in [5, 5.41) is 3.32. The number of amides is 2. The first kappa shape index (κ1) is 21.6. The lowest BCUT2D eigenvalue weighted by Gasteiger charge is -2.23. The molecule has 8 heteroatoms. The summed E-state index contributed by atoms with van der Waals surface area (Å²) >= 11 is 6.26. The second kappa shape index (κ2) is 9.33. The lowest BCUT2D eigenvalue weighted by atomic mass is 10.1. The highest BCUT2D eigenvalue weighted by Gasteiger charge is 2.29. The quantitative estimate of drug-likeness (QED) is 0.453. The van der Waals surface area contributed by atoms with Gasteiger partial charge in [0.1, 0.15) is 5.75 Å². The molecule has 168 valence electrons. The molecule has 0 radical (unpaired) electrons. The average Bonchev–Trinajstić information content (AvgIpc) is 3.04. The van der Waals surface area contributed by atoms with Gasteiger partial charge in [0, 0.05) is 41.9 Å². The number of halogens is 1. The number of pyridine rings is 2. The minimum absolute atomic E-state index is 0.181. The van der Waals surface area contributed by atoms with Gasteiger partial charge < -0.3 is 15.0 Å². The minimum Gasteiger partial charge on any atom is -0.455 e. The molecule has 0 fully saturated rings. The van der Waals surface area contributed by atoms with Crippen LogP contribution in [0.15, 0.2) is 85.5 Å². The molecular weight excluding hydrogens is 452 g/mol. The number of aromatic nitrogens is 2. The highest BCUT2D eigenvalue weighted by atomic mass is 35.5. The number of hydrogen-bond acceptors (Lipinski definition) is 5. The molecule has 0 bridgehead atoms. The molecule has 0 aliphatic carbocycles. The zero-order valence-corrected chi connectivity index (χ0v) is 18.7. The Morgan fingerprint density at radius 2 is 1.74 bits per heavy atom. The molecule has 0 saturated carbocycles. The third-order valence-corrected chi connectivity index (χ3v) is 5.71. The zero-order valence-electron chi connectivity index (χ0n) is 17.9. The van der Waals surface area contributed by atoms with Crippen molar-refractivity contribution in [2.45, 2.75) is 13.1 Å². The number of nitrogens with zero attached hydrogens (tertiary/aromatic N) is 3. The maximum absolute atomic E-state index is 13.8. The van der Waals surface area contributed by atoms with E-state index in [0.29, 0.717) is 28.8 Å². The van der Waals surface area contributed by atoms with Crippen LogP contribution in [0.3, 0.4) is 0 Å². The monoisotopic (exact) mass is 470 g/mol. The smallest absolute Gasteiger partial charge is 0.261 e. The van der Waals surface area contributed by atoms with Gasteiger partial charge in [-0.25, -0.2) is 0 Å². The van der Waals surface area contributed by atoms with Crippen molar-refractivity contribution in [2.24, 2.45) is 0 Å². The van der Waals surface area contributed by atoms with Gasteiger partial charge >= 0.3 is 0 Å². The third kappa shape index (κ3) is 4.33. The first-order valence-corrected chi connectivity index (χ1v) is 11.0. The molecule has 0 atom stereocenters. The number of anilines is 1. The predicted octanol–water partition coefficient (Wildman–Crippen LogP) is 5.01. The second-order valence-corrected chi connectivity index (χ2v) is 8.11. The van der Waals surface area contributed by atoms with E-state index in [1.54, 1.807) is 35.5 Å². The van der Waals surface area contributed by atoms with Crippen molar-refractivity contribution in [1.29, 1.82) is 0 Å². The van der Waals surface area contributed by atoms with Crippen LogP contribution >= 0.6 is 11.6 Å². The van der Waals surface area contributed by atoms with Gasteiger partial charge in [-0.15, -0.1) is 0 Å². The maximum Gasteiger partial charge on any atom is 0.261 e. The number of para-hydroxylation sites is 1. The average molecular weight is 471 g/mol. The summed E-state index contributed by atoms with van der Waals surface area (Å²) in [4.78, 5) is 36.5. The van der Waals surface area contributed by atoms with E-state index in [-0.39, 0.29) is 29.5 Å². The van der Waals surface area contributed by atoms with Gasteiger partial charge in [0.25, 0.3) is 11.8 Å². The van der Waals surface area contributed by atoms with Gasteiger partial charge in [-0.3, -0.25) is 19.6 Å². The number of carbonyl (C=O) groups excluding carboxylic acids is 2. The van der Waals surface area contributed by atoms with Crippen molar-refractivity contribution >= 4 is 29.1 Å². The molecule has 2 aromatic carbocycles. The van der Waals surface area contributed by atoms with Gasteiger partial charge in [0.15, 0.2) is 5.75 Å². The Labute approximate surface area is 201 Å². The van der Waals surface area contributed by atoms with E-state index >= 15 is 0 Å². The number of rotatable bonds is 4. The van der Waals surface area contributed by atoms with Crippen LogP contribution in [0.5, 0.6) is 11.5 Å². The van der Waals surface area contributed by atoms with Crippen molar-refractivity contribution in [1.82, 2.24) is 15.3 Å². The first-order chi connectivity index (χ1) is 16.6. The molecule has 0 unspecified atom stereocenters. The largest absolute Gasteiger partial charge is 0.455 e. The lowest BCUT2D eigenvalue weighted by molar-refractivity contribution is 0.0930. The summed E-state index contributed by atoms with van der Waals surface area (Å²) in [5.41, 5.74) is 2.66. The van der Waals surface area contributed by atoms with Crippen LogP contribution in [0.4, 0.5) is 5.69 Å². The summed E-state index contributed by atoms with van der Waals surface area (Å²) in [6.07, 6.45) is 6.21. The fourth-order valence-corrected chi connectivity index (χ4v) is 3.93. The van der Waals surface area contributed by atoms with E-state index in [1.165, 1.54) is 18.5 Å². The summed E-state index contributed by atoms with van der Waals surface area (Å²) in [6, 6.07) is 17.8.